The van der Waals surface area contributed by atoms with E-state index in [-0.39, 0.29) is 17.3 Å². The molecule has 1 fully saturated rings. The van der Waals surface area contributed by atoms with Gasteiger partial charge in [0.2, 0.25) is 5.91 Å². The lowest BCUT2D eigenvalue weighted by atomic mass is 10.2. The van der Waals surface area contributed by atoms with Crippen molar-refractivity contribution in [3.8, 4) is 0 Å². The van der Waals surface area contributed by atoms with Crippen LogP contribution in [-0.4, -0.2) is 34.4 Å². The first-order valence-corrected chi connectivity index (χ1v) is 8.20. The second-order valence-electron chi connectivity index (χ2n) is 5.29. The van der Waals surface area contributed by atoms with Crippen LogP contribution in [0.4, 0.5) is 18.9 Å². The van der Waals surface area contributed by atoms with Gasteiger partial charge in [-0.3, -0.25) is 9.59 Å². The summed E-state index contributed by atoms with van der Waals surface area (Å²) in [5, 5.41) is 11.8. The lowest BCUT2D eigenvalue weighted by Crippen LogP contribution is -2.37. The van der Waals surface area contributed by atoms with Crippen molar-refractivity contribution >= 4 is 40.7 Å². The number of thioether (sulfide) groups is 1. The molecular formula is C15H15F3N4O2S. The van der Waals surface area contributed by atoms with Crippen LogP contribution in [0.25, 0.3) is 0 Å². The number of alkyl halides is 3. The third kappa shape index (κ3) is 5.05. The van der Waals surface area contributed by atoms with E-state index < -0.39 is 22.9 Å². The molecule has 1 saturated heterocycles. The van der Waals surface area contributed by atoms with Gasteiger partial charge in [-0.05, 0) is 38.1 Å². The van der Waals surface area contributed by atoms with Crippen molar-refractivity contribution in [2.75, 3.05) is 11.2 Å². The number of nitrogens with one attached hydrogen (secondary N) is 2. The summed E-state index contributed by atoms with van der Waals surface area (Å²) in [7, 11) is 0. The van der Waals surface area contributed by atoms with Crippen LogP contribution in [0.1, 0.15) is 19.4 Å². The summed E-state index contributed by atoms with van der Waals surface area (Å²) in [6.45, 7) is 3.35. The number of rotatable bonds is 4. The monoisotopic (exact) mass is 372 g/mol. The first-order chi connectivity index (χ1) is 11.7. The van der Waals surface area contributed by atoms with Gasteiger partial charge in [0.25, 0.3) is 5.91 Å². The molecule has 10 heteroatoms. The molecule has 2 amide bonds. The summed E-state index contributed by atoms with van der Waals surface area (Å²) in [5.41, 5.74) is -0.188. The molecule has 1 aromatic carbocycles. The standard InChI is InChI=1S/C15H15F3N4O2S/c1-8(2)21-22-11(12-14(24)19-7-25-12)13(23)20-10-5-3-9(4-6-10)15(16,17)18/h3-6,12H,7H2,1-2H3,(H,19,24)(H,20,23)/b22-11+. The fourth-order valence-corrected chi connectivity index (χ4v) is 2.82. The van der Waals surface area contributed by atoms with Gasteiger partial charge in [-0.1, -0.05) is 0 Å². The summed E-state index contributed by atoms with van der Waals surface area (Å²) >= 11 is 1.18. The van der Waals surface area contributed by atoms with Gasteiger partial charge in [0.05, 0.1) is 11.4 Å². The van der Waals surface area contributed by atoms with Crippen molar-refractivity contribution in [2.45, 2.75) is 25.3 Å². The Morgan fingerprint density at radius 2 is 1.88 bits per heavy atom. The normalized spacial score (nSPS) is 17.9. The Morgan fingerprint density at radius 3 is 2.36 bits per heavy atom. The highest BCUT2D eigenvalue weighted by Crippen LogP contribution is 2.30. The summed E-state index contributed by atoms with van der Waals surface area (Å²) in [5.74, 6) is -0.722. The number of benzene rings is 1. The molecular weight excluding hydrogens is 357 g/mol. The molecule has 2 rings (SSSR count). The third-order valence-electron chi connectivity index (χ3n) is 3.04. The van der Waals surface area contributed by atoms with Gasteiger partial charge in [-0.25, -0.2) is 0 Å². The van der Waals surface area contributed by atoms with Gasteiger partial charge in [0.15, 0.2) is 5.71 Å². The number of carbonyl (C=O) groups excluding carboxylic acids is 2. The average molecular weight is 372 g/mol. The number of nitrogens with zero attached hydrogens (tertiary/aromatic N) is 2. The predicted octanol–water partition coefficient (Wildman–Crippen LogP) is 2.67. The number of amides is 2. The van der Waals surface area contributed by atoms with E-state index in [1.807, 2.05) is 0 Å². The molecule has 0 radical (unpaired) electrons. The lowest BCUT2D eigenvalue weighted by molar-refractivity contribution is -0.137. The number of halogens is 3. The minimum absolute atomic E-state index is 0.110. The van der Waals surface area contributed by atoms with Crippen molar-refractivity contribution in [1.82, 2.24) is 5.32 Å². The van der Waals surface area contributed by atoms with E-state index in [0.29, 0.717) is 11.6 Å². The molecule has 25 heavy (non-hydrogen) atoms. The Bertz CT molecular complexity index is 725. The summed E-state index contributed by atoms with van der Waals surface area (Å²) in [6.07, 6.45) is -4.46. The van der Waals surface area contributed by atoms with Gasteiger partial charge in [0, 0.05) is 11.4 Å². The molecule has 1 heterocycles. The van der Waals surface area contributed by atoms with Crippen molar-refractivity contribution in [3.05, 3.63) is 29.8 Å². The maximum absolute atomic E-state index is 12.6. The molecule has 6 nitrogen and oxygen atoms in total. The highest BCUT2D eigenvalue weighted by molar-refractivity contribution is 8.01. The first-order valence-electron chi connectivity index (χ1n) is 7.15. The van der Waals surface area contributed by atoms with E-state index >= 15 is 0 Å². The molecule has 2 N–H and O–H groups in total. The van der Waals surface area contributed by atoms with Crippen LogP contribution >= 0.6 is 11.8 Å². The molecule has 0 spiro atoms. The second-order valence-corrected chi connectivity index (χ2v) is 6.39. The fraction of sp³-hybridized carbons (Fsp3) is 0.333. The highest BCUT2D eigenvalue weighted by Gasteiger charge is 2.34. The smallest absolute Gasteiger partial charge is 0.346 e. The highest BCUT2D eigenvalue weighted by atomic mass is 32.2. The Kier molecular flexibility index (Phi) is 5.83. The van der Waals surface area contributed by atoms with Crippen molar-refractivity contribution in [2.24, 2.45) is 10.2 Å². The molecule has 0 bridgehead atoms. The van der Waals surface area contributed by atoms with Gasteiger partial charge in [-0.15, -0.1) is 16.9 Å². The topological polar surface area (TPSA) is 82.9 Å². The molecule has 1 aliphatic rings. The van der Waals surface area contributed by atoms with Gasteiger partial charge in [0.1, 0.15) is 5.25 Å². The molecule has 134 valence electrons. The van der Waals surface area contributed by atoms with E-state index in [1.165, 1.54) is 11.8 Å². The number of hydrogen-bond acceptors (Lipinski definition) is 5. The SMILES string of the molecule is CC(C)=N/N=C(/C(=O)Nc1ccc(C(F)(F)F)cc1)C1SCNC1=O. The lowest BCUT2D eigenvalue weighted by Gasteiger charge is -2.11. The minimum Gasteiger partial charge on any atom is -0.346 e. The van der Waals surface area contributed by atoms with Crippen LogP contribution in [0, 0.1) is 0 Å². The van der Waals surface area contributed by atoms with E-state index in [1.54, 1.807) is 13.8 Å². The van der Waals surface area contributed by atoms with E-state index in [4.69, 9.17) is 0 Å². The largest absolute Gasteiger partial charge is 0.416 e. The fourth-order valence-electron chi connectivity index (χ4n) is 1.88. The van der Waals surface area contributed by atoms with Gasteiger partial charge >= 0.3 is 6.18 Å². The Morgan fingerprint density at radius 1 is 1.24 bits per heavy atom. The van der Waals surface area contributed by atoms with E-state index in [0.717, 1.165) is 24.3 Å². The van der Waals surface area contributed by atoms with Crippen molar-refractivity contribution in [1.29, 1.82) is 0 Å². The van der Waals surface area contributed by atoms with Crippen LogP contribution in [0.15, 0.2) is 34.5 Å². The zero-order chi connectivity index (χ0) is 18.6. The van der Waals surface area contributed by atoms with Crippen LogP contribution in [-0.2, 0) is 15.8 Å². The predicted molar refractivity (Wildman–Crippen MR) is 90.7 cm³/mol. The molecule has 1 unspecified atom stereocenters. The Hall–Kier alpha value is -2.36. The number of hydrogen-bond donors (Lipinski definition) is 2. The third-order valence-corrected chi connectivity index (χ3v) is 4.13. The summed E-state index contributed by atoms with van der Waals surface area (Å²) < 4.78 is 37.7. The van der Waals surface area contributed by atoms with E-state index in [2.05, 4.69) is 20.8 Å². The quantitative estimate of drug-likeness (QED) is 0.630. The molecule has 1 atom stereocenters. The van der Waals surface area contributed by atoms with Crippen LogP contribution in [0.5, 0.6) is 0 Å². The van der Waals surface area contributed by atoms with Crippen LogP contribution < -0.4 is 10.6 Å². The molecule has 1 aromatic rings. The zero-order valence-electron chi connectivity index (χ0n) is 13.3. The number of carbonyl (C=O) groups is 2. The van der Waals surface area contributed by atoms with Crippen LogP contribution in [0.3, 0.4) is 0 Å². The minimum atomic E-state index is -4.46. The first kappa shape index (κ1) is 19.0. The second kappa shape index (κ2) is 7.68. The maximum Gasteiger partial charge on any atom is 0.416 e. The van der Waals surface area contributed by atoms with E-state index in [9.17, 15) is 22.8 Å². The Labute approximate surface area is 146 Å². The molecule has 1 aliphatic heterocycles. The molecule has 0 aromatic heterocycles. The molecule has 0 saturated carbocycles. The van der Waals surface area contributed by atoms with Crippen molar-refractivity contribution in [3.63, 3.8) is 0 Å². The van der Waals surface area contributed by atoms with Crippen LogP contribution in [0.2, 0.25) is 0 Å². The summed E-state index contributed by atoms with van der Waals surface area (Å²) in [4.78, 5) is 24.2. The van der Waals surface area contributed by atoms with Gasteiger partial charge < -0.3 is 10.6 Å². The van der Waals surface area contributed by atoms with Crippen molar-refractivity contribution < 1.29 is 22.8 Å². The maximum atomic E-state index is 12.6. The summed E-state index contributed by atoms with van der Waals surface area (Å²) in [6, 6.07) is 3.98. The average Bonchev–Trinajstić information content (AvgIpc) is 2.93. The Balaban J connectivity index is 2.21. The molecule has 0 aliphatic carbocycles. The zero-order valence-corrected chi connectivity index (χ0v) is 14.2. The van der Waals surface area contributed by atoms with Gasteiger partial charge in [-0.2, -0.15) is 18.3 Å². The number of anilines is 1.